The molecule has 0 saturated heterocycles. The summed E-state index contributed by atoms with van der Waals surface area (Å²) in [5.74, 6) is -0.0214. The van der Waals surface area contributed by atoms with Crippen LogP contribution in [0.1, 0.15) is 23.2 Å². The highest BCUT2D eigenvalue weighted by Gasteiger charge is 2.17. The van der Waals surface area contributed by atoms with E-state index >= 15 is 0 Å². The number of nitrogens with zero attached hydrogens (tertiary/aromatic N) is 2. The highest BCUT2D eigenvalue weighted by molar-refractivity contribution is 5.44. The van der Waals surface area contributed by atoms with E-state index in [2.05, 4.69) is 4.98 Å². The smallest absolute Gasteiger partial charge is 0.280 e. The number of hydrogen-bond acceptors (Lipinski definition) is 4. The topological polar surface area (TPSA) is 71.9 Å². The van der Waals surface area contributed by atoms with Crippen LogP contribution in [0.25, 0.3) is 0 Å². The number of halogens is 2. The number of nitriles is 1. The maximum Gasteiger partial charge on any atom is 0.280 e. The quantitative estimate of drug-likeness (QED) is 0.822. The Kier molecular flexibility index (Phi) is 3.52. The van der Waals surface area contributed by atoms with Gasteiger partial charge in [0, 0.05) is 12.1 Å². The van der Waals surface area contributed by atoms with Gasteiger partial charge < -0.3 is 10.5 Å². The minimum atomic E-state index is -2.74. The van der Waals surface area contributed by atoms with E-state index in [1.54, 1.807) is 6.07 Å². The van der Waals surface area contributed by atoms with E-state index in [0.29, 0.717) is 5.56 Å². The van der Waals surface area contributed by atoms with Gasteiger partial charge >= 0.3 is 0 Å². The van der Waals surface area contributed by atoms with Crippen LogP contribution in [0.4, 0.5) is 8.78 Å². The average Bonchev–Trinajstić information content (AvgIpc) is 2.26. The molecule has 0 radical (unpaired) electrons. The van der Waals surface area contributed by atoms with Crippen LogP contribution in [0.15, 0.2) is 6.07 Å². The number of methoxy groups -OCH3 is 1. The summed E-state index contributed by atoms with van der Waals surface area (Å²) in [5.41, 5.74) is 5.29. The maximum absolute atomic E-state index is 12.4. The van der Waals surface area contributed by atoms with Crippen molar-refractivity contribution in [1.29, 1.82) is 5.26 Å². The third-order valence-corrected chi connectivity index (χ3v) is 1.85. The minimum absolute atomic E-state index is 0.0165. The largest absolute Gasteiger partial charge is 0.481 e. The molecule has 0 aliphatic heterocycles. The molecule has 2 N–H and O–H groups in total. The van der Waals surface area contributed by atoms with Crippen molar-refractivity contribution in [1.82, 2.24) is 4.98 Å². The Bertz CT molecular complexity index is 401. The zero-order valence-electron chi connectivity index (χ0n) is 8.00. The SMILES string of the molecule is COc1nc(C(F)F)cc(C#N)c1CN. The van der Waals surface area contributed by atoms with E-state index in [0.717, 1.165) is 6.07 Å². The molecular formula is C9H9F2N3O. The van der Waals surface area contributed by atoms with E-state index in [1.165, 1.54) is 7.11 Å². The summed E-state index contributed by atoms with van der Waals surface area (Å²) in [6, 6.07) is 2.81. The average molecular weight is 213 g/mol. The van der Waals surface area contributed by atoms with Crippen molar-refractivity contribution in [3.05, 3.63) is 22.9 Å². The van der Waals surface area contributed by atoms with Gasteiger partial charge in [0.25, 0.3) is 6.43 Å². The summed E-state index contributed by atoms with van der Waals surface area (Å²) in [6.07, 6.45) is -2.74. The van der Waals surface area contributed by atoms with Crippen molar-refractivity contribution in [2.24, 2.45) is 5.73 Å². The van der Waals surface area contributed by atoms with Crippen molar-refractivity contribution in [2.45, 2.75) is 13.0 Å². The molecule has 4 nitrogen and oxygen atoms in total. The second-order valence-corrected chi connectivity index (χ2v) is 2.70. The molecule has 15 heavy (non-hydrogen) atoms. The standard InChI is InChI=1S/C9H9F2N3O/c1-15-9-6(4-13)5(3-12)2-7(14-9)8(10)11/h2,8H,4,13H2,1H3. The first-order valence-corrected chi connectivity index (χ1v) is 4.10. The Morgan fingerprint density at radius 3 is 2.73 bits per heavy atom. The van der Waals surface area contributed by atoms with Crippen LogP contribution < -0.4 is 10.5 Å². The second kappa shape index (κ2) is 4.66. The normalized spacial score (nSPS) is 10.1. The number of pyridine rings is 1. The van der Waals surface area contributed by atoms with Gasteiger partial charge in [0.2, 0.25) is 5.88 Å². The monoisotopic (exact) mass is 213 g/mol. The predicted molar refractivity (Wildman–Crippen MR) is 48.4 cm³/mol. The number of ether oxygens (including phenoxy) is 1. The molecule has 0 aromatic carbocycles. The molecule has 0 unspecified atom stereocenters. The Labute approximate surface area is 85.3 Å². The van der Waals surface area contributed by atoms with Crippen LogP contribution in [0, 0.1) is 11.3 Å². The lowest BCUT2D eigenvalue weighted by Crippen LogP contribution is -2.07. The first-order chi connectivity index (χ1) is 7.13. The second-order valence-electron chi connectivity index (χ2n) is 2.70. The molecule has 0 bridgehead atoms. The molecule has 0 amide bonds. The molecule has 0 atom stereocenters. The Morgan fingerprint density at radius 2 is 2.33 bits per heavy atom. The first-order valence-electron chi connectivity index (χ1n) is 4.10. The number of alkyl halides is 2. The predicted octanol–water partition coefficient (Wildman–Crippen LogP) is 1.36. The third-order valence-electron chi connectivity index (χ3n) is 1.85. The van der Waals surface area contributed by atoms with E-state index in [-0.39, 0.29) is 18.0 Å². The van der Waals surface area contributed by atoms with Gasteiger partial charge in [-0.2, -0.15) is 5.26 Å². The molecule has 0 fully saturated rings. The van der Waals surface area contributed by atoms with Crippen molar-refractivity contribution >= 4 is 0 Å². The lowest BCUT2D eigenvalue weighted by atomic mass is 10.1. The van der Waals surface area contributed by atoms with Gasteiger partial charge in [-0.1, -0.05) is 0 Å². The summed E-state index contributed by atoms with van der Waals surface area (Å²) < 4.78 is 29.5. The zero-order chi connectivity index (χ0) is 11.4. The van der Waals surface area contributed by atoms with Crippen molar-refractivity contribution in [3.63, 3.8) is 0 Å². The summed E-state index contributed by atoms with van der Waals surface area (Å²) in [6.45, 7) is 0.0165. The zero-order valence-corrected chi connectivity index (χ0v) is 8.00. The molecule has 6 heteroatoms. The van der Waals surface area contributed by atoms with Gasteiger partial charge in [0.15, 0.2) is 0 Å². The van der Waals surface area contributed by atoms with Gasteiger partial charge in [-0.05, 0) is 6.07 Å². The molecule has 0 aliphatic carbocycles. The lowest BCUT2D eigenvalue weighted by Gasteiger charge is -2.09. The highest BCUT2D eigenvalue weighted by atomic mass is 19.3. The summed E-state index contributed by atoms with van der Waals surface area (Å²) >= 11 is 0. The molecule has 0 aliphatic rings. The van der Waals surface area contributed by atoms with Crippen LogP contribution in [0.5, 0.6) is 5.88 Å². The molecule has 1 heterocycles. The minimum Gasteiger partial charge on any atom is -0.481 e. The Balaban J connectivity index is 3.37. The fourth-order valence-electron chi connectivity index (χ4n) is 1.14. The van der Waals surface area contributed by atoms with E-state index in [9.17, 15) is 8.78 Å². The number of hydrogen-bond donors (Lipinski definition) is 1. The van der Waals surface area contributed by atoms with Gasteiger partial charge in [-0.15, -0.1) is 0 Å². The molecule has 0 spiro atoms. The number of rotatable bonds is 3. The summed E-state index contributed by atoms with van der Waals surface area (Å²) in [4.78, 5) is 3.57. The van der Waals surface area contributed by atoms with Crippen molar-refractivity contribution in [2.75, 3.05) is 7.11 Å². The van der Waals surface area contributed by atoms with E-state index < -0.39 is 12.1 Å². The highest BCUT2D eigenvalue weighted by Crippen LogP contribution is 2.25. The molecule has 80 valence electrons. The molecule has 1 rings (SSSR count). The first kappa shape index (κ1) is 11.3. The molecular weight excluding hydrogens is 204 g/mol. The summed E-state index contributed by atoms with van der Waals surface area (Å²) in [5, 5.41) is 8.74. The number of nitrogens with two attached hydrogens (primary N) is 1. The Hall–Kier alpha value is -1.74. The third kappa shape index (κ3) is 2.19. The van der Waals surface area contributed by atoms with Crippen molar-refractivity contribution < 1.29 is 13.5 Å². The van der Waals surface area contributed by atoms with E-state index in [4.69, 9.17) is 15.7 Å². The number of aromatic nitrogens is 1. The van der Waals surface area contributed by atoms with Gasteiger partial charge in [-0.3, -0.25) is 0 Å². The fraction of sp³-hybridized carbons (Fsp3) is 0.333. The summed E-state index contributed by atoms with van der Waals surface area (Å²) in [7, 11) is 1.29. The van der Waals surface area contributed by atoms with Crippen molar-refractivity contribution in [3.8, 4) is 11.9 Å². The van der Waals surface area contributed by atoms with Crippen LogP contribution in [0.2, 0.25) is 0 Å². The molecule has 0 saturated carbocycles. The fourth-order valence-corrected chi connectivity index (χ4v) is 1.14. The van der Waals surface area contributed by atoms with Crippen LogP contribution >= 0.6 is 0 Å². The van der Waals surface area contributed by atoms with Gasteiger partial charge in [-0.25, -0.2) is 13.8 Å². The van der Waals surface area contributed by atoms with Crippen LogP contribution in [-0.4, -0.2) is 12.1 Å². The van der Waals surface area contributed by atoms with Gasteiger partial charge in [0.1, 0.15) is 5.69 Å². The van der Waals surface area contributed by atoms with Crippen LogP contribution in [0.3, 0.4) is 0 Å². The maximum atomic E-state index is 12.4. The van der Waals surface area contributed by atoms with Gasteiger partial charge in [0.05, 0.1) is 18.7 Å². The molecule has 1 aromatic rings. The van der Waals surface area contributed by atoms with Crippen LogP contribution in [-0.2, 0) is 6.54 Å². The lowest BCUT2D eigenvalue weighted by molar-refractivity contribution is 0.145. The Morgan fingerprint density at radius 1 is 1.67 bits per heavy atom. The molecule has 1 aromatic heterocycles. The van der Waals surface area contributed by atoms with E-state index in [1.807, 2.05) is 0 Å².